The fraction of sp³-hybridized carbons (Fsp3) is 0.318. The summed E-state index contributed by atoms with van der Waals surface area (Å²) in [5.74, 6) is -0.129. The standard InChI is InChI=1S/C22H25N5O2/c1-17-7-8-18(15-20(17)22(28)23-19-5-3-2-4-6-19)21-16-27(25-24-21)10-9-26-11-13-29-14-12-26/h2-8,15-16H,9-14H2,1H3,(H,23,28). The Labute approximate surface area is 170 Å². The summed E-state index contributed by atoms with van der Waals surface area (Å²) < 4.78 is 7.24. The molecule has 1 aliphatic rings. The maximum atomic E-state index is 12.7. The van der Waals surface area contributed by atoms with Crippen LogP contribution in [0.2, 0.25) is 0 Å². The van der Waals surface area contributed by atoms with E-state index in [4.69, 9.17) is 4.74 Å². The fourth-order valence-electron chi connectivity index (χ4n) is 3.35. The Kier molecular flexibility index (Phi) is 5.97. The molecule has 0 atom stereocenters. The molecule has 2 aromatic carbocycles. The second-order valence-corrected chi connectivity index (χ2v) is 7.17. The van der Waals surface area contributed by atoms with Gasteiger partial charge in [0.1, 0.15) is 5.69 Å². The normalized spacial score (nSPS) is 14.7. The molecule has 0 aliphatic carbocycles. The van der Waals surface area contributed by atoms with E-state index in [9.17, 15) is 4.79 Å². The summed E-state index contributed by atoms with van der Waals surface area (Å²) in [4.78, 5) is 15.1. The number of carbonyl (C=O) groups excluding carboxylic acids is 1. The number of rotatable bonds is 6. The van der Waals surface area contributed by atoms with Gasteiger partial charge in [-0.3, -0.25) is 14.4 Å². The highest BCUT2D eigenvalue weighted by Crippen LogP contribution is 2.21. The van der Waals surface area contributed by atoms with Crippen LogP contribution in [0.3, 0.4) is 0 Å². The first-order valence-corrected chi connectivity index (χ1v) is 9.87. The van der Waals surface area contributed by atoms with Crippen molar-refractivity contribution >= 4 is 11.6 Å². The zero-order chi connectivity index (χ0) is 20.1. The van der Waals surface area contributed by atoms with Crippen LogP contribution < -0.4 is 5.32 Å². The lowest BCUT2D eigenvalue weighted by molar-refractivity contribution is 0.0359. The van der Waals surface area contributed by atoms with Crippen LogP contribution in [0.1, 0.15) is 15.9 Å². The van der Waals surface area contributed by atoms with Crippen molar-refractivity contribution in [3.8, 4) is 11.3 Å². The number of morpholine rings is 1. The fourth-order valence-corrected chi connectivity index (χ4v) is 3.35. The van der Waals surface area contributed by atoms with Crippen LogP contribution in [0.5, 0.6) is 0 Å². The molecular weight excluding hydrogens is 366 g/mol. The highest BCUT2D eigenvalue weighted by Gasteiger charge is 2.14. The Bertz CT molecular complexity index is 964. The van der Waals surface area contributed by atoms with Gasteiger partial charge < -0.3 is 10.1 Å². The number of nitrogens with one attached hydrogen (secondary N) is 1. The van der Waals surface area contributed by atoms with Gasteiger partial charge in [0.25, 0.3) is 5.91 Å². The van der Waals surface area contributed by atoms with Crippen LogP contribution in [0, 0.1) is 6.92 Å². The van der Waals surface area contributed by atoms with Crippen molar-refractivity contribution in [3.05, 3.63) is 65.9 Å². The van der Waals surface area contributed by atoms with E-state index in [0.29, 0.717) is 5.56 Å². The van der Waals surface area contributed by atoms with Gasteiger partial charge in [-0.05, 0) is 30.7 Å². The molecule has 1 fully saturated rings. The molecule has 0 saturated carbocycles. The molecular formula is C22H25N5O2. The Morgan fingerprint density at radius 1 is 1.10 bits per heavy atom. The predicted molar refractivity (Wildman–Crippen MR) is 112 cm³/mol. The van der Waals surface area contributed by atoms with Crippen LogP contribution >= 0.6 is 0 Å². The maximum Gasteiger partial charge on any atom is 0.255 e. The Morgan fingerprint density at radius 2 is 1.90 bits per heavy atom. The van der Waals surface area contributed by atoms with E-state index < -0.39 is 0 Å². The van der Waals surface area contributed by atoms with Crippen LogP contribution in [0.25, 0.3) is 11.3 Å². The van der Waals surface area contributed by atoms with Crippen molar-refractivity contribution in [1.82, 2.24) is 19.9 Å². The molecule has 0 unspecified atom stereocenters. The van der Waals surface area contributed by atoms with Crippen LogP contribution in [-0.4, -0.2) is 58.6 Å². The molecule has 1 saturated heterocycles. The summed E-state index contributed by atoms with van der Waals surface area (Å²) in [5.41, 5.74) is 3.97. The molecule has 1 aromatic heterocycles. The van der Waals surface area contributed by atoms with Gasteiger partial charge in [-0.1, -0.05) is 35.5 Å². The number of nitrogens with zero attached hydrogens (tertiary/aromatic N) is 4. The van der Waals surface area contributed by atoms with Gasteiger partial charge in [-0.15, -0.1) is 5.10 Å². The van der Waals surface area contributed by atoms with Gasteiger partial charge in [0.15, 0.2) is 0 Å². The number of amides is 1. The highest BCUT2D eigenvalue weighted by molar-refractivity contribution is 6.05. The van der Waals surface area contributed by atoms with E-state index in [0.717, 1.165) is 61.9 Å². The van der Waals surface area contributed by atoms with Gasteiger partial charge in [-0.2, -0.15) is 0 Å². The number of hydrogen-bond donors (Lipinski definition) is 1. The second-order valence-electron chi connectivity index (χ2n) is 7.17. The zero-order valence-corrected chi connectivity index (χ0v) is 16.5. The molecule has 2 heterocycles. The van der Waals surface area contributed by atoms with Crippen molar-refractivity contribution in [2.75, 3.05) is 38.2 Å². The van der Waals surface area contributed by atoms with E-state index in [-0.39, 0.29) is 5.91 Å². The van der Waals surface area contributed by atoms with Crippen molar-refractivity contribution in [3.63, 3.8) is 0 Å². The number of anilines is 1. The third-order valence-electron chi connectivity index (χ3n) is 5.10. The highest BCUT2D eigenvalue weighted by atomic mass is 16.5. The summed E-state index contributed by atoms with van der Waals surface area (Å²) in [6.45, 7) is 7.13. The van der Waals surface area contributed by atoms with Crippen LogP contribution in [0.15, 0.2) is 54.7 Å². The van der Waals surface area contributed by atoms with E-state index in [1.54, 1.807) is 0 Å². The minimum atomic E-state index is -0.129. The second kappa shape index (κ2) is 8.98. The molecule has 7 heteroatoms. The molecule has 4 rings (SSSR count). The van der Waals surface area contributed by atoms with E-state index in [1.807, 2.05) is 66.3 Å². The van der Waals surface area contributed by atoms with Crippen molar-refractivity contribution in [1.29, 1.82) is 0 Å². The third-order valence-corrected chi connectivity index (χ3v) is 5.10. The summed E-state index contributed by atoms with van der Waals surface area (Å²) in [5, 5.41) is 11.5. The molecule has 0 spiro atoms. The van der Waals surface area contributed by atoms with E-state index >= 15 is 0 Å². The predicted octanol–water partition coefficient (Wildman–Crippen LogP) is 2.84. The lowest BCUT2D eigenvalue weighted by Crippen LogP contribution is -2.38. The van der Waals surface area contributed by atoms with Gasteiger partial charge in [0, 0.05) is 36.4 Å². The van der Waals surface area contributed by atoms with Gasteiger partial charge in [0.2, 0.25) is 0 Å². The minimum absolute atomic E-state index is 0.129. The lowest BCUT2D eigenvalue weighted by atomic mass is 10.0. The quantitative estimate of drug-likeness (QED) is 0.700. The number of carbonyl (C=O) groups is 1. The van der Waals surface area contributed by atoms with Gasteiger partial charge >= 0.3 is 0 Å². The van der Waals surface area contributed by atoms with Gasteiger partial charge in [-0.25, -0.2) is 0 Å². The molecule has 1 aliphatic heterocycles. The summed E-state index contributed by atoms with van der Waals surface area (Å²) >= 11 is 0. The minimum Gasteiger partial charge on any atom is -0.379 e. The number of ether oxygens (including phenoxy) is 1. The van der Waals surface area contributed by atoms with E-state index in [2.05, 4.69) is 20.5 Å². The maximum absolute atomic E-state index is 12.7. The number of para-hydroxylation sites is 1. The molecule has 0 radical (unpaired) electrons. The monoisotopic (exact) mass is 391 g/mol. The third kappa shape index (κ3) is 4.88. The first kappa shape index (κ1) is 19.3. The topological polar surface area (TPSA) is 72.3 Å². The molecule has 0 bridgehead atoms. The number of aromatic nitrogens is 3. The molecule has 7 nitrogen and oxygen atoms in total. The van der Waals surface area contributed by atoms with Crippen molar-refractivity contribution in [2.24, 2.45) is 0 Å². The van der Waals surface area contributed by atoms with E-state index in [1.165, 1.54) is 0 Å². The summed E-state index contributed by atoms with van der Waals surface area (Å²) in [6, 6.07) is 15.3. The Hall–Kier alpha value is -3.03. The average Bonchev–Trinajstić information content (AvgIpc) is 3.23. The zero-order valence-electron chi connectivity index (χ0n) is 16.5. The molecule has 1 N–H and O–H groups in total. The SMILES string of the molecule is Cc1ccc(-c2cn(CCN3CCOCC3)nn2)cc1C(=O)Nc1ccccc1. The number of benzene rings is 2. The largest absolute Gasteiger partial charge is 0.379 e. The molecule has 3 aromatic rings. The van der Waals surface area contributed by atoms with Gasteiger partial charge in [0.05, 0.1) is 26.0 Å². The average molecular weight is 391 g/mol. The smallest absolute Gasteiger partial charge is 0.255 e. The first-order valence-electron chi connectivity index (χ1n) is 9.87. The molecule has 1 amide bonds. The van der Waals surface area contributed by atoms with Crippen LogP contribution in [0.4, 0.5) is 5.69 Å². The van der Waals surface area contributed by atoms with Crippen LogP contribution in [-0.2, 0) is 11.3 Å². The van der Waals surface area contributed by atoms with Crippen molar-refractivity contribution in [2.45, 2.75) is 13.5 Å². The first-order chi connectivity index (χ1) is 14.2. The Morgan fingerprint density at radius 3 is 2.69 bits per heavy atom. The summed E-state index contributed by atoms with van der Waals surface area (Å²) in [6.07, 6.45) is 1.93. The molecule has 150 valence electrons. The summed E-state index contributed by atoms with van der Waals surface area (Å²) in [7, 11) is 0. The number of hydrogen-bond acceptors (Lipinski definition) is 5. The van der Waals surface area contributed by atoms with Crippen molar-refractivity contribution < 1.29 is 9.53 Å². The number of aryl methyl sites for hydroxylation is 1. The molecule has 29 heavy (non-hydrogen) atoms. The Balaban J connectivity index is 1.45. The lowest BCUT2D eigenvalue weighted by Gasteiger charge is -2.26.